The predicted molar refractivity (Wildman–Crippen MR) is 63.5 cm³/mol. The largest absolute Gasteiger partial charge is 0.409 e. The summed E-state index contributed by atoms with van der Waals surface area (Å²) < 4.78 is 0.767. The van der Waals surface area contributed by atoms with Crippen molar-refractivity contribution < 1.29 is 5.21 Å². The molecule has 0 spiro atoms. The summed E-state index contributed by atoms with van der Waals surface area (Å²) in [5, 5.41) is 13.0. The van der Waals surface area contributed by atoms with E-state index in [1.807, 2.05) is 6.07 Å². The Balaban J connectivity index is 2.75. The van der Waals surface area contributed by atoms with Crippen LogP contribution in [0, 0.1) is 0 Å². The van der Waals surface area contributed by atoms with Crippen LogP contribution in [0.3, 0.4) is 0 Å². The van der Waals surface area contributed by atoms with Crippen LogP contribution in [0.4, 0.5) is 0 Å². The number of benzene rings is 1. The minimum atomic E-state index is 0.0653. The Morgan fingerprint density at radius 3 is 2.93 bits per heavy atom. The molecule has 4 nitrogen and oxygen atoms in total. The Morgan fingerprint density at radius 2 is 2.27 bits per heavy atom. The number of oxime groups is 1. The molecule has 2 aromatic rings. The molecular weight excluding hydrogens is 281 g/mol. The van der Waals surface area contributed by atoms with Gasteiger partial charge in [0.1, 0.15) is 0 Å². The Kier molecular flexibility index (Phi) is 2.58. The number of nitrogens with one attached hydrogen (secondary N) is 1. The van der Waals surface area contributed by atoms with Gasteiger partial charge in [0.2, 0.25) is 0 Å². The summed E-state index contributed by atoms with van der Waals surface area (Å²) in [6.45, 7) is 0. The van der Waals surface area contributed by atoms with Gasteiger partial charge in [-0.15, -0.1) is 0 Å². The second kappa shape index (κ2) is 3.75. The summed E-state index contributed by atoms with van der Waals surface area (Å²) in [7, 11) is 0. The first-order valence-corrected chi connectivity index (χ1v) is 5.24. The van der Waals surface area contributed by atoms with Gasteiger partial charge in [0.05, 0.1) is 5.02 Å². The summed E-state index contributed by atoms with van der Waals surface area (Å²) in [5.74, 6) is 0.0653. The van der Waals surface area contributed by atoms with Gasteiger partial charge < -0.3 is 15.9 Å². The van der Waals surface area contributed by atoms with E-state index in [1.165, 1.54) is 0 Å². The molecule has 0 radical (unpaired) electrons. The Hall–Kier alpha value is -1.20. The first-order valence-electron chi connectivity index (χ1n) is 4.07. The first kappa shape index (κ1) is 10.3. The molecule has 0 aliphatic rings. The number of halogens is 2. The molecule has 1 heterocycles. The number of rotatable bonds is 1. The Labute approximate surface area is 98.8 Å². The number of fused-ring (bicyclic) bond motifs is 1. The second-order valence-electron chi connectivity index (χ2n) is 3.00. The van der Waals surface area contributed by atoms with Crippen LogP contribution in [0.25, 0.3) is 10.9 Å². The number of hydrogen-bond donors (Lipinski definition) is 3. The minimum absolute atomic E-state index is 0.0653. The van der Waals surface area contributed by atoms with E-state index in [4.69, 9.17) is 22.5 Å². The molecule has 78 valence electrons. The maximum atomic E-state index is 8.60. The van der Waals surface area contributed by atoms with E-state index >= 15 is 0 Å². The van der Waals surface area contributed by atoms with Crippen molar-refractivity contribution in [2.75, 3.05) is 0 Å². The molecule has 0 aliphatic heterocycles. The number of aromatic nitrogens is 1. The van der Waals surface area contributed by atoms with Gasteiger partial charge in [-0.2, -0.15) is 0 Å². The molecule has 0 saturated heterocycles. The minimum Gasteiger partial charge on any atom is -0.409 e. The van der Waals surface area contributed by atoms with Crippen LogP contribution in [0.1, 0.15) is 5.56 Å². The molecule has 0 amide bonds. The molecule has 1 aromatic heterocycles. The van der Waals surface area contributed by atoms with Crippen molar-refractivity contribution in [1.29, 1.82) is 0 Å². The Bertz CT molecular complexity index is 550. The molecular formula is C9H7BrClN3O. The van der Waals surface area contributed by atoms with Crippen molar-refractivity contribution in [3.63, 3.8) is 0 Å². The lowest BCUT2D eigenvalue weighted by atomic mass is 10.1. The SMILES string of the molecule is N/C(=N\O)c1c[nH]c2cc(Cl)c(Br)cc12. The normalized spacial score (nSPS) is 12.3. The highest BCUT2D eigenvalue weighted by Crippen LogP contribution is 2.29. The summed E-state index contributed by atoms with van der Waals surface area (Å²) in [6, 6.07) is 3.59. The van der Waals surface area contributed by atoms with E-state index in [9.17, 15) is 0 Å². The number of H-pyrrole nitrogens is 1. The molecule has 4 N–H and O–H groups in total. The van der Waals surface area contributed by atoms with Gasteiger partial charge in [0.15, 0.2) is 5.84 Å². The van der Waals surface area contributed by atoms with Crippen LogP contribution in [0.5, 0.6) is 0 Å². The van der Waals surface area contributed by atoms with E-state index in [-0.39, 0.29) is 5.84 Å². The van der Waals surface area contributed by atoms with Crippen LogP contribution in [0.15, 0.2) is 28.0 Å². The van der Waals surface area contributed by atoms with Gasteiger partial charge in [-0.25, -0.2) is 0 Å². The van der Waals surface area contributed by atoms with Crippen LogP contribution < -0.4 is 5.73 Å². The van der Waals surface area contributed by atoms with Gasteiger partial charge in [-0.05, 0) is 28.1 Å². The van der Waals surface area contributed by atoms with Crippen LogP contribution in [-0.4, -0.2) is 16.0 Å². The molecule has 0 saturated carbocycles. The molecule has 1 aromatic carbocycles. The lowest BCUT2D eigenvalue weighted by Gasteiger charge is -1.98. The fourth-order valence-corrected chi connectivity index (χ4v) is 1.89. The van der Waals surface area contributed by atoms with Crippen LogP contribution >= 0.6 is 27.5 Å². The zero-order valence-corrected chi connectivity index (χ0v) is 9.80. The average molecular weight is 289 g/mol. The molecule has 0 unspecified atom stereocenters. The number of nitrogens with zero attached hydrogens (tertiary/aromatic N) is 1. The lowest BCUT2D eigenvalue weighted by molar-refractivity contribution is 0.318. The maximum absolute atomic E-state index is 8.60. The van der Waals surface area contributed by atoms with Crippen LogP contribution in [-0.2, 0) is 0 Å². The quantitative estimate of drug-likeness (QED) is 0.327. The number of nitrogens with two attached hydrogens (primary N) is 1. The number of amidine groups is 1. The summed E-state index contributed by atoms with van der Waals surface area (Å²) in [5.41, 5.74) is 7.01. The third-order valence-corrected chi connectivity index (χ3v) is 3.30. The monoisotopic (exact) mass is 287 g/mol. The van der Waals surface area contributed by atoms with Gasteiger partial charge in [0, 0.05) is 27.1 Å². The van der Waals surface area contributed by atoms with E-state index < -0.39 is 0 Å². The molecule has 0 atom stereocenters. The highest BCUT2D eigenvalue weighted by molar-refractivity contribution is 9.10. The summed E-state index contributed by atoms with van der Waals surface area (Å²) in [4.78, 5) is 2.99. The second-order valence-corrected chi connectivity index (χ2v) is 4.26. The molecule has 15 heavy (non-hydrogen) atoms. The fraction of sp³-hybridized carbons (Fsp3) is 0. The molecule has 0 aliphatic carbocycles. The van der Waals surface area contributed by atoms with Crippen molar-refractivity contribution in [2.24, 2.45) is 10.9 Å². The molecule has 6 heteroatoms. The van der Waals surface area contributed by atoms with E-state index in [1.54, 1.807) is 12.3 Å². The van der Waals surface area contributed by atoms with Crippen LogP contribution in [0.2, 0.25) is 5.02 Å². The molecule has 0 fully saturated rings. The maximum Gasteiger partial charge on any atom is 0.172 e. The first-order chi connectivity index (χ1) is 7.13. The third-order valence-electron chi connectivity index (χ3n) is 2.11. The van der Waals surface area contributed by atoms with E-state index in [0.29, 0.717) is 10.6 Å². The summed E-state index contributed by atoms with van der Waals surface area (Å²) >= 11 is 9.25. The number of aromatic amines is 1. The highest BCUT2D eigenvalue weighted by Gasteiger charge is 2.09. The van der Waals surface area contributed by atoms with Crippen molar-refractivity contribution in [3.05, 3.63) is 33.4 Å². The van der Waals surface area contributed by atoms with Crippen molar-refractivity contribution >= 4 is 44.3 Å². The third kappa shape index (κ3) is 1.68. The smallest absolute Gasteiger partial charge is 0.172 e. The van der Waals surface area contributed by atoms with E-state index in [2.05, 4.69) is 26.1 Å². The van der Waals surface area contributed by atoms with Gasteiger partial charge in [0.25, 0.3) is 0 Å². The van der Waals surface area contributed by atoms with Gasteiger partial charge >= 0.3 is 0 Å². The predicted octanol–water partition coefficient (Wildman–Crippen LogP) is 2.68. The fourth-order valence-electron chi connectivity index (χ4n) is 1.38. The lowest BCUT2D eigenvalue weighted by Crippen LogP contribution is -2.12. The Morgan fingerprint density at radius 1 is 1.53 bits per heavy atom. The number of hydrogen-bond acceptors (Lipinski definition) is 2. The molecule has 0 bridgehead atoms. The van der Waals surface area contributed by atoms with Gasteiger partial charge in [-0.1, -0.05) is 16.8 Å². The highest BCUT2D eigenvalue weighted by atomic mass is 79.9. The topological polar surface area (TPSA) is 74.4 Å². The van der Waals surface area contributed by atoms with Crippen molar-refractivity contribution in [1.82, 2.24) is 4.98 Å². The van der Waals surface area contributed by atoms with Crippen molar-refractivity contribution in [2.45, 2.75) is 0 Å². The summed E-state index contributed by atoms with van der Waals surface area (Å²) in [6.07, 6.45) is 1.67. The van der Waals surface area contributed by atoms with Gasteiger partial charge in [-0.3, -0.25) is 0 Å². The van der Waals surface area contributed by atoms with Crippen molar-refractivity contribution in [3.8, 4) is 0 Å². The average Bonchev–Trinajstić information content (AvgIpc) is 2.61. The zero-order chi connectivity index (χ0) is 11.0. The standard InChI is InChI=1S/C9H7BrClN3O/c10-6-1-4-5(9(12)14-15)3-13-8(4)2-7(6)11/h1-3,13,15H,(H2,12,14). The zero-order valence-electron chi connectivity index (χ0n) is 7.46. The van der Waals surface area contributed by atoms with E-state index in [0.717, 1.165) is 15.4 Å². The molecule has 2 rings (SSSR count).